The van der Waals surface area contributed by atoms with E-state index in [-0.39, 0.29) is 25.7 Å². The molecule has 0 aromatic carbocycles. The number of nitrogens with one attached hydrogen (secondary N) is 3. The molecule has 0 aliphatic rings. The van der Waals surface area contributed by atoms with Gasteiger partial charge in [0.2, 0.25) is 29.5 Å². The van der Waals surface area contributed by atoms with E-state index in [4.69, 9.17) is 27.4 Å². The quantitative estimate of drug-likeness (QED) is 0.111. The first-order chi connectivity index (χ1) is 14.8. The van der Waals surface area contributed by atoms with Gasteiger partial charge in [-0.25, -0.2) is 4.79 Å². The molecule has 5 atom stereocenters. The lowest BCUT2D eigenvalue weighted by Gasteiger charge is -2.26. The van der Waals surface area contributed by atoms with Crippen LogP contribution in [0.15, 0.2) is 0 Å². The van der Waals surface area contributed by atoms with Gasteiger partial charge in [0.15, 0.2) is 0 Å². The predicted octanol–water partition coefficient (Wildman–Crippen LogP) is -5.24. The standard InChI is InChI=1S/C17H30N6O9/c1-7(25)13(16(30)22-10(6-24)17(31)32)23-15(29)9(3-5-12(20)27)21-14(28)8(18)2-4-11(19)26/h7-10,13,24-25H,2-6,18H2,1H3,(H2,19,26)(H2,20,27)(H,21,28)(H,22,30)(H,23,29)(H,31,32). The van der Waals surface area contributed by atoms with Gasteiger partial charge in [0.1, 0.15) is 18.1 Å². The molecule has 5 unspecified atom stereocenters. The van der Waals surface area contributed by atoms with Crippen LogP contribution in [-0.2, 0) is 28.8 Å². The Kier molecular flexibility index (Phi) is 12.5. The molecule has 0 aliphatic carbocycles. The number of nitrogens with two attached hydrogens (primary N) is 3. The first-order valence-electron chi connectivity index (χ1n) is 9.55. The zero-order valence-electron chi connectivity index (χ0n) is 17.4. The van der Waals surface area contributed by atoms with Gasteiger partial charge >= 0.3 is 5.97 Å². The number of amides is 5. The maximum atomic E-state index is 12.6. The molecule has 0 aromatic heterocycles. The summed E-state index contributed by atoms with van der Waals surface area (Å²) < 4.78 is 0. The molecule has 15 nitrogen and oxygen atoms in total. The number of carboxylic acids is 1. The summed E-state index contributed by atoms with van der Waals surface area (Å²) in [6.07, 6.45) is -2.41. The minimum absolute atomic E-state index is 0.109. The van der Waals surface area contributed by atoms with Crippen LogP contribution in [0.3, 0.4) is 0 Å². The molecule has 0 aromatic rings. The monoisotopic (exact) mass is 462 g/mol. The van der Waals surface area contributed by atoms with E-state index in [0.717, 1.165) is 6.92 Å². The van der Waals surface area contributed by atoms with Crippen LogP contribution in [0.4, 0.5) is 0 Å². The van der Waals surface area contributed by atoms with Crippen molar-refractivity contribution < 1.29 is 44.1 Å². The molecule has 5 amide bonds. The van der Waals surface area contributed by atoms with Gasteiger partial charge in [-0.1, -0.05) is 0 Å². The molecule has 0 rings (SSSR count). The zero-order chi connectivity index (χ0) is 25.0. The lowest BCUT2D eigenvalue weighted by atomic mass is 10.1. The Morgan fingerprint density at radius 1 is 0.812 bits per heavy atom. The summed E-state index contributed by atoms with van der Waals surface area (Å²) in [7, 11) is 0. The van der Waals surface area contributed by atoms with Crippen molar-refractivity contribution in [2.75, 3.05) is 6.61 Å². The van der Waals surface area contributed by atoms with Gasteiger partial charge in [-0.05, 0) is 19.8 Å². The Balaban J connectivity index is 5.38. The fourth-order valence-electron chi connectivity index (χ4n) is 2.37. The number of hydrogen-bond acceptors (Lipinski definition) is 9. The van der Waals surface area contributed by atoms with Crippen LogP contribution in [0, 0.1) is 0 Å². The van der Waals surface area contributed by atoms with Gasteiger partial charge < -0.3 is 48.5 Å². The Morgan fingerprint density at radius 3 is 1.75 bits per heavy atom. The normalized spacial score (nSPS) is 15.4. The summed E-state index contributed by atoms with van der Waals surface area (Å²) in [4.78, 5) is 70.0. The Labute approximate surface area is 183 Å². The summed E-state index contributed by atoms with van der Waals surface area (Å²) in [5.74, 6) is -5.99. The second kappa shape index (κ2) is 13.9. The van der Waals surface area contributed by atoms with E-state index < -0.39 is 72.4 Å². The molecule has 0 saturated heterocycles. The lowest BCUT2D eigenvalue weighted by molar-refractivity contribution is -0.144. The van der Waals surface area contributed by atoms with E-state index in [9.17, 15) is 33.9 Å². The summed E-state index contributed by atoms with van der Waals surface area (Å²) in [5, 5.41) is 34.1. The zero-order valence-corrected chi connectivity index (χ0v) is 17.4. The Morgan fingerprint density at radius 2 is 1.31 bits per heavy atom. The maximum absolute atomic E-state index is 12.6. The van der Waals surface area contributed by atoms with Crippen molar-refractivity contribution in [3.63, 3.8) is 0 Å². The van der Waals surface area contributed by atoms with Crippen molar-refractivity contribution in [3.05, 3.63) is 0 Å². The second-order valence-electron chi connectivity index (χ2n) is 6.99. The highest BCUT2D eigenvalue weighted by Crippen LogP contribution is 2.03. The van der Waals surface area contributed by atoms with Crippen molar-refractivity contribution in [2.24, 2.45) is 17.2 Å². The van der Waals surface area contributed by atoms with E-state index in [2.05, 4.69) is 10.6 Å². The van der Waals surface area contributed by atoms with Crippen molar-refractivity contribution in [1.82, 2.24) is 16.0 Å². The van der Waals surface area contributed by atoms with E-state index >= 15 is 0 Å². The van der Waals surface area contributed by atoms with Crippen LogP contribution in [0.25, 0.3) is 0 Å². The molecule has 15 heteroatoms. The molecule has 0 bridgehead atoms. The molecule has 0 spiro atoms. The van der Waals surface area contributed by atoms with Crippen molar-refractivity contribution in [2.45, 2.75) is 62.9 Å². The highest BCUT2D eigenvalue weighted by molar-refractivity contribution is 5.94. The van der Waals surface area contributed by atoms with Gasteiger partial charge in [0.25, 0.3) is 0 Å². The van der Waals surface area contributed by atoms with Crippen LogP contribution >= 0.6 is 0 Å². The number of aliphatic hydroxyl groups excluding tert-OH is 2. The Bertz CT molecular complexity index is 715. The van der Waals surface area contributed by atoms with E-state index in [0.29, 0.717) is 0 Å². The van der Waals surface area contributed by atoms with E-state index in [1.807, 2.05) is 5.32 Å². The molecule has 0 radical (unpaired) electrons. The van der Waals surface area contributed by atoms with Crippen molar-refractivity contribution in [3.8, 4) is 0 Å². The molecular formula is C17H30N6O9. The van der Waals surface area contributed by atoms with Gasteiger partial charge in [-0.15, -0.1) is 0 Å². The van der Waals surface area contributed by atoms with Crippen LogP contribution in [0.2, 0.25) is 0 Å². The van der Waals surface area contributed by atoms with Gasteiger partial charge in [0.05, 0.1) is 18.8 Å². The molecule has 32 heavy (non-hydrogen) atoms. The van der Waals surface area contributed by atoms with Crippen LogP contribution in [-0.4, -0.2) is 87.7 Å². The van der Waals surface area contributed by atoms with Crippen LogP contribution < -0.4 is 33.2 Å². The molecule has 0 saturated carbocycles. The first-order valence-corrected chi connectivity index (χ1v) is 9.55. The Hall–Kier alpha value is -3.30. The van der Waals surface area contributed by atoms with Gasteiger partial charge in [-0.3, -0.25) is 24.0 Å². The highest BCUT2D eigenvalue weighted by Gasteiger charge is 2.32. The number of hydrogen-bond donors (Lipinski definition) is 9. The third-order valence-electron chi connectivity index (χ3n) is 4.21. The number of rotatable bonds is 15. The number of primary amides is 2. The van der Waals surface area contributed by atoms with Crippen molar-refractivity contribution in [1.29, 1.82) is 0 Å². The molecular weight excluding hydrogens is 432 g/mol. The minimum Gasteiger partial charge on any atom is -0.480 e. The smallest absolute Gasteiger partial charge is 0.328 e. The fraction of sp³-hybridized carbons (Fsp3) is 0.647. The number of carboxylic acid groups (broad SMARTS) is 1. The lowest BCUT2D eigenvalue weighted by Crippen LogP contribution is -2.60. The number of carbonyl (C=O) groups excluding carboxylic acids is 5. The minimum atomic E-state index is -1.69. The van der Waals surface area contributed by atoms with Gasteiger partial charge in [-0.2, -0.15) is 0 Å². The third kappa shape index (κ3) is 10.6. The second-order valence-corrected chi connectivity index (χ2v) is 6.99. The first kappa shape index (κ1) is 28.7. The molecule has 12 N–H and O–H groups in total. The molecule has 0 fully saturated rings. The number of aliphatic carboxylic acids is 1. The summed E-state index contributed by atoms with van der Waals surface area (Å²) in [5.41, 5.74) is 15.7. The largest absolute Gasteiger partial charge is 0.480 e. The highest BCUT2D eigenvalue weighted by atomic mass is 16.4. The SMILES string of the molecule is CC(O)C(NC(=O)C(CCC(N)=O)NC(=O)C(N)CCC(N)=O)C(=O)NC(CO)C(=O)O. The fourth-order valence-corrected chi connectivity index (χ4v) is 2.37. The summed E-state index contributed by atoms with van der Waals surface area (Å²) in [6, 6.07) is -5.96. The van der Waals surface area contributed by atoms with Crippen LogP contribution in [0.5, 0.6) is 0 Å². The van der Waals surface area contributed by atoms with Crippen LogP contribution in [0.1, 0.15) is 32.6 Å². The predicted molar refractivity (Wildman–Crippen MR) is 107 cm³/mol. The molecule has 0 aliphatic heterocycles. The van der Waals surface area contributed by atoms with Gasteiger partial charge in [0, 0.05) is 12.8 Å². The maximum Gasteiger partial charge on any atom is 0.328 e. The van der Waals surface area contributed by atoms with Crippen molar-refractivity contribution >= 4 is 35.5 Å². The molecule has 182 valence electrons. The average Bonchev–Trinajstić information content (AvgIpc) is 2.69. The number of aliphatic hydroxyl groups is 2. The third-order valence-corrected chi connectivity index (χ3v) is 4.21. The summed E-state index contributed by atoms with van der Waals surface area (Å²) in [6.45, 7) is 0.192. The van der Waals surface area contributed by atoms with E-state index in [1.54, 1.807) is 0 Å². The number of carbonyl (C=O) groups is 6. The topological polar surface area (TPSA) is 277 Å². The molecule has 0 heterocycles. The summed E-state index contributed by atoms with van der Waals surface area (Å²) >= 11 is 0. The van der Waals surface area contributed by atoms with E-state index in [1.165, 1.54) is 0 Å². The average molecular weight is 462 g/mol.